The minimum absolute atomic E-state index is 0.267. The van der Waals surface area contributed by atoms with Gasteiger partial charge in [-0.2, -0.15) is 0 Å². The number of imidazole rings is 1. The summed E-state index contributed by atoms with van der Waals surface area (Å²) >= 11 is 0. The van der Waals surface area contributed by atoms with Crippen LogP contribution >= 0.6 is 0 Å². The van der Waals surface area contributed by atoms with Crippen LogP contribution in [0.4, 0.5) is 0 Å². The quantitative estimate of drug-likeness (QED) is 0.752. The lowest BCUT2D eigenvalue weighted by Gasteiger charge is -2.18. The third kappa shape index (κ3) is 2.36. The Hall–Kier alpha value is -1.36. The third-order valence-electron chi connectivity index (χ3n) is 2.27. The van der Waals surface area contributed by atoms with Crippen molar-refractivity contribution in [3.05, 3.63) is 18.2 Å². The summed E-state index contributed by atoms with van der Waals surface area (Å²) in [5, 5.41) is 2.92. The van der Waals surface area contributed by atoms with Gasteiger partial charge in [0.1, 0.15) is 6.04 Å². The largest absolute Gasteiger partial charge is 0.468 e. The predicted molar refractivity (Wildman–Crippen MR) is 56.4 cm³/mol. The van der Waals surface area contributed by atoms with Crippen LogP contribution in [0.5, 0.6) is 0 Å². The highest BCUT2D eigenvalue weighted by Gasteiger charge is 2.23. The molecule has 15 heavy (non-hydrogen) atoms. The topological polar surface area (TPSA) is 56.1 Å². The van der Waals surface area contributed by atoms with Gasteiger partial charge in [0.15, 0.2) is 0 Å². The lowest BCUT2D eigenvalue weighted by Crippen LogP contribution is -2.29. The van der Waals surface area contributed by atoms with E-state index in [2.05, 4.69) is 10.3 Å². The number of likely N-dealkylation sites (N-methyl/N-ethyl adjacent to an activating group) is 1. The van der Waals surface area contributed by atoms with Crippen molar-refractivity contribution >= 4 is 5.97 Å². The summed E-state index contributed by atoms with van der Waals surface area (Å²) in [4.78, 5) is 15.5. The smallest absolute Gasteiger partial charge is 0.329 e. The molecule has 0 aliphatic carbocycles. The standard InChI is InChI=1S/C10H17N3O2/c1-7(2)13-6-12-5-8(13)9(11-3)10(14)15-4/h5-7,9,11H,1-4H3. The molecule has 1 N–H and O–H groups in total. The van der Waals surface area contributed by atoms with Gasteiger partial charge in [-0.25, -0.2) is 9.78 Å². The molecular formula is C10H17N3O2. The first kappa shape index (κ1) is 11.7. The van der Waals surface area contributed by atoms with Crippen LogP contribution < -0.4 is 5.32 Å². The van der Waals surface area contributed by atoms with Crippen molar-refractivity contribution in [2.75, 3.05) is 14.2 Å². The minimum atomic E-state index is -0.458. The van der Waals surface area contributed by atoms with Crippen molar-refractivity contribution in [3.63, 3.8) is 0 Å². The maximum atomic E-state index is 11.5. The number of esters is 1. The molecule has 0 radical (unpaired) electrons. The fraction of sp³-hybridized carbons (Fsp3) is 0.600. The van der Waals surface area contributed by atoms with E-state index in [1.54, 1.807) is 19.6 Å². The van der Waals surface area contributed by atoms with Crippen LogP contribution in [0.15, 0.2) is 12.5 Å². The van der Waals surface area contributed by atoms with E-state index < -0.39 is 6.04 Å². The zero-order valence-corrected chi connectivity index (χ0v) is 9.52. The van der Waals surface area contributed by atoms with Crippen molar-refractivity contribution in [2.24, 2.45) is 0 Å². The normalized spacial score (nSPS) is 12.9. The van der Waals surface area contributed by atoms with Crippen LogP contribution in [0.3, 0.4) is 0 Å². The Kier molecular flexibility index (Phi) is 3.85. The van der Waals surface area contributed by atoms with Crippen molar-refractivity contribution in [2.45, 2.75) is 25.9 Å². The molecular weight excluding hydrogens is 194 g/mol. The number of methoxy groups -OCH3 is 1. The highest BCUT2D eigenvalue weighted by Crippen LogP contribution is 2.17. The Bertz CT molecular complexity index is 333. The summed E-state index contributed by atoms with van der Waals surface area (Å²) in [7, 11) is 3.10. The third-order valence-corrected chi connectivity index (χ3v) is 2.27. The molecule has 0 saturated heterocycles. The number of ether oxygens (including phenoxy) is 1. The second-order valence-corrected chi connectivity index (χ2v) is 3.56. The Morgan fingerprint density at radius 2 is 2.27 bits per heavy atom. The molecule has 0 fully saturated rings. The van der Waals surface area contributed by atoms with E-state index in [9.17, 15) is 4.79 Å². The highest BCUT2D eigenvalue weighted by molar-refractivity contribution is 5.76. The van der Waals surface area contributed by atoms with Crippen LogP contribution in [0, 0.1) is 0 Å². The van der Waals surface area contributed by atoms with E-state index >= 15 is 0 Å². The number of carbonyl (C=O) groups is 1. The molecule has 0 amide bonds. The fourth-order valence-corrected chi connectivity index (χ4v) is 1.47. The number of carbonyl (C=O) groups excluding carboxylic acids is 1. The first-order valence-electron chi connectivity index (χ1n) is 4.88. The maximum Gasteiger partial charge on any atom is 0.329 e. The van der Waals surface area contributed by atoms with Gasteiger partial charge < -0.3 is 14.6 Å². The van der Waals surface area contributed by atoms with Gasteiger partial charge in [-0.3, -0.25) is 0 Å². The molecule has 1 aromatic heterocycles. The summed E-state index contributed by atoms with van der Waals surface area (Å²) < 4.78 is 6.66. The summed E-state index contributed by atoms with van der Waals surface area (Å²) in [5.41, 5.74) is 0.819. The van der Waals surface area contributed by atoms with Gasteiger partial charge in [-0.05, 0) is 20.9 Å². The summed E-state index contributed by atoms with van der Waals surface area (Å²) in [5.74, 6) is -0.306. The summed E-state index contributed by atoms with van der Waals surface area (Å²) in [6, 6.07) is -0.192. The molecule has 84 valence electrons. The first-order valence-corrected chi connectivity index (χ1v) is 4.88. The van der Waals surface area contributed by atoms with Crippen LogP contribution in [0.25, 0.3) is 0 Å². The fourth-order valence-electron chi connectivity index (χ4n) is 1.47. The molecule has 0 aromatic carbocycles. The van der Waals surface area contributed by atoms with E-state index in [0.29, 0.717) is 0 Å². The number of hydrogen-bond acceptors (Lipinski definition) is 4. The second-order valence-electron chi connectivity index (χ2n) is 3.56. The van der Waals surface area contributed by atoms with Gasteiger partial charge in [0.2, 0.25) is 0 Å². The molecule has 5 heteroatoms. The van der Waals surface area contributed by atoms with E-state index in [-0.39, 0.29) is 12.0 Å². The van der Waals surface area contributed by atoms with Crippen LogP contribution in [-0.4, -0.2) is 29.7 Å². The average Bonchev–Trinajstić information content (AvgIpc) is 2.67. The van der Waals surface area contributed by atoms with Crippen molar-refractivity contribution < 1.29 is 9.53 Å². The van der Waals surface area contributed by atoms with Gasteiger partial charge >= 0.3 is 5.97 Å². The Labute approximate surface area is 89.4 Å². The summed E-state index contributed by atoms with van der Waals surface area (Å²) in [6.07, 6.45) is 3.39. The summed E-state index contributed by atoms with van der Waals surface area (Å²) in [6.45, 7) is 4.07. The van der Waals surface area contributed by atoms with Crippen LogP contribution in [0.2, 0.25) is 0 Å². The van der Waals surface area contributed by atoms with Crippen molar-refractivity contribution in [1.82, 2.24) is 14.9 Å². The predicted octanol–water partition coefficient (Wildman–Crippen LogP) is 0.897. The molecule has 1 atom stereocenters. The number of rotatable bonds is 4. The van der Waals surface area contributed by atoms with Gasteiger partial charge in [0, 0.05) is 6.04 Å². The number of hydrogen-bond donors (Lipinski definition) is 1. The average molecular weight is 211 g/mol. The van der Waals surface area contributed by atoms with Gasteiger partial charge in [0.05, 0.1) is 25.3 Å². The van der Waals surface area contributed by atoms with Crippen LogP contribution in [0.1, 0.15) is 31.6 Å². The number of aromatic nitrogens is 2. The Morgan fingerprint density at radius 1 is 1.60 bits per heavy atom. The van der Waals surface area contributed by atoms with Gasteiger partial charge in [-0.15, -0.1) is 0 Å². The molecule has 0 spiro atoms. The maximum absolute atomic E-state index is 11.5. The molecule has 0 aliphatic rings. The molecule has 1 heterocycles. The monoisotopic (exact) mass is 211 g/mol. The molecule has 0 bridgehead atoms. The van der Waals surface area contributed by atoms with Crippen LogP contribution in [-0.2, 0) is 9.53 Å². The van der Waals surface area contributed by atoms with Crippen molar-refractivity contribution in [3.8, 4) is 0 Å². The Morgan fingerprint density at radius 3 is 2.73 bits per heavy atom. The minimum Gasteiger partial charge on any atom is -0.468 e. The second kappa shape index (κ2) is 4.93. The van der Waals surface area contributed by atoms with E-state index in [0.717, 1.165) is 5.69 Å². The number of nitrogens with one attached hydrogen (secondary N) is 1. The molecule has 1 aromatic rings. The van der Waals surface area contributed by atoms with E-state index in [4.69, 9.17) is 4.74 Å². The van der Waals surface area contributed by atoms with E-state index in [1.165, 1.54) is 7.11 Å². The molecule has 0 saturated carbocycles. The van der Waals surface area contributed by atoms with Crippen molar-refractivity contribution in [1.29, 1.82) is 0 Å². The molecule has 1 rings (SSSR count). The Balaban J connectivity index is 3.01. The lowest BCUT2D eigenvalue weighted by atomic mass is 10.2. The highest BCUT2D eigenvalue weighted by atomic mass is 16.5. The SMILES string of the molecule is CNC(C(=O)OC)c1cncn1C(C)C. The number of nitrogens with zero attached hydrogens (tertiary/aromatic N) is 2. The van der Waals surface area contributed by atoms with E-state index in [1.807, 2.05) is 18.4 Å². The molecule has 1 unspecified atom stereocenters. The molecule has 5 nitrogen and oxygen atoms in total. The van der Waals surface area contributed by atoms with Gasteiger partial charge in [0.25, 0.3) is 0 Å². The molecule has 0 aliphatic heterocycles. The first-order chi connectivity index (χ1) is 7.11. The zero-order valence-electron chi connectivity index (χ0n) is 9.52. The van der Waals surface area contributed by atoms with Gasteiger partial charge in [-0.1, -0.05) is 0 Å². The zero-order chi connectivity index (χ0) is 11.4. The lowest BCUT2D eigenvalue weighted by molar-refractivity contribution is -0.143.